The molecule has 0 bridgehead atoms. The smallest absolute Gasteiger partial charge is 0.471 e. The van der Waals surface area contributed by atoms with Crippen molar-refractivity contribution in [2.45, 2.75) is 6.18 Å². The van der Waals surface area contributed by atoms with Crippen molar-refractivity contribution in [1.82, 2.24) is 15.0 Å². The van der Waals surface area contributed by atoms with Gasteiger partial charge in [-0.1, -0.05) is 17.4 Å². The monoisotopic (exact) mass is 395 g/mol. The molecule has 11 heteroatoms. The van der Waals surface area contributed by atoms with Crippen LogP contribution < -0.4 is 15.4 Å². The van der Waals surface area contributed by atoms with Crippen molar-refractivity contribution in [3.63, 3.8) is 0 Å². The predicted octanol–water partition coefficient (Wildman–Crippen LogP) is 3.85. The molecule has 27 heavy (non-hydrogen) atoms. The molecular weight excluding hydrogens is 383 g/mol. The Morgan fingerprint density at radius 2 is 2.04 bits per heavy atom. The van der Waals surface area contributed by atoms with Crippen LogP contribution in [-0.4, -0.2) is 34.1 Å². The van der Waals surface area contributed by atoms with Gasteiger partial charge in [-0.15, -0.1) is 0 Å². The number of alkyl halides is 3. The molecule has 0 saturated carbocycles. The van der Waals surface area contributed by atoms with Crippen LogP contribution >= 0.6 is 11.3 Å². The molecule has 0 fully saturated rings. The summed E-state index contributed by atoms with van der Waals surface area (Å²) in [5.74, 6) is -1.13. The van der Waals surface area contributed by atoms with Crippen LogP contribution in [0.25, 0.3) is 10.6 Å². The molecule has 140 valence electrons. The quantitative estimate of drug-likeness (QED) is 0.682. The minimum Gasteiger partial charge on any atom is -0.497 e. The number of aromatic nitrogens is 3. The van der Waals surface area contributed by atoms with Crippen molar-refractivity contribution in [3.05, 3.63) is 42.7 Å². The highest BCUT2D eigenvalue weighted by molar-refractivity contribution is 7.19. The van der Waals surface area contributed by atoms with E-state index in [1.807, 2.05) is 0 Å². The number of halogens is 3. The topological polar surface area (TPSA) is 89.0 Å². The fraction of sp³-hybridized carbons (Fsp3) is 0.125. The van der Waals surface area contributed by atoms with Crippen LogP contribution in [0.5, 0.6) is 5.75 Å². The highest BCUT2D eigenvalue weighted by Crippen LogP contribution is 2.29. The lowest BCUT2D eigenvalue weighted by Crippen LogP contribution is -2.29. The molecule has 2 aromatic heterocycles. The van der Waals surface area contributed by atoms with Gasteiger partial charge in [0.05, 0.1) is 17.7 Å². The number of hydrogen-bond acceptors (Lipinski definition) is 7. The lowest BCUT2D eigenvalue weighted by atomic mass is 10.3. The first-order valence-corrected chi connectivity index (χ1v) is 8.25. The Morgan fingerprint density at radius 1 is 1.22 bits per heavy atom. The van der Waals surface area contributed by atoms with E-state index in [1.54, 1.807) is 42.8 Å². The van der Waals surface area contributed by atoms with Crippen molar-refractivity contribution in [2.24, 2.45) is 0 Å². The zero-order valence-electron chi connectivity index (χ0n) is 13.7. The fourth-order valence-corrected chi connectivity index (χ4v) is 2.79. The number of hydrogen-bond donors (Lipinski definition) is 2. The van der Waals surface area contributed by atoms with Crippen molar-refractivity contribution >= 4 is 34.0 Å². The number of nitrogens with zero attached hydrogens (tertiary/aromatic N) is 3. The predicted molar refractivity (Wildman–Crippen MR) is 94.1 cm³/mol. The second kappa shape index (κ2) is 7.58. The summed E-state index contributed by atoms with van der Waals surface area (Å²) in [5, 5.41) is 4.55. The number of nitrogens with one attached hydrogen (secondary N) is 2. The molecule has 0 aliphatic carbocycles. The summed E-state index contributed by atoms with van der Waals surface area (Å²) in [6.45, 7) is 0. The van der Waals surface area contributed by atoms with E-state index < -0.39 is 12.1 Å². The Balaban J connectivity index is 1.77. The molecule has 1 amide bonds. The molecule has 0 aliphatic rings. The highest BCUT2D eigenvalue weighted by atomic mass is 32.1. The molecule has 0 aliphatic heterocycles. The van der Waals surface area contributed by atoms with Gasteiger partial charge in [-0.2, -0.15) is 13.2 Å². The van der Waals surface area contributed by atoms with Crippen LogP contribution in [-0.2, 0) is 4.79 Å². The normalized spacial score (nSPS) is 11.1. The van der Waals surface area contributed by atoms with Crippen molar-refractivity contribution in [2.75, 3.05) is 17.7 Å². The second-order valence-corrected chi connectivity index (χ2v) is 6.13. The zero-order chi connectivity index (χ0) is 19.4. The number of ether oxygens (including phenoxy) is 1. The molecule has 3 aromatic rings. The largest absolute Gasteiger partial charge is 0.497 e. The average Bonchev–Trinajstić information content (AvgIpc) is 3.10. The Bertz CT molecular complexity index is 961. The third-order valence-electron chi connectivity index (χ3n) is 3.22. The van der Waals surface area contributed by atoms with Crippen LogP contribution in [0.3, 0.4) is 0 Å². The molecule has 0 spiro atoms. The SMILES string of the molecule is COc1cccc(Nc2nccc(-c3cnc(NC(=O)C(F)(F)F)s3)n2)c1. The minimum atomic E-state index is -4.98. The van der Waals surface area contributed by atoms with Gasteiger partial charge >= 0.3 is 12.1 Å². The van der Waals surface area contributed by atoms with Gasteiger partial charge in [0.15, 0.2) is 5.13 Å². The third-order valence-corrected chi connectivity index (χ3v) is 4.15. The van der Waals surface area contributed by atoms with E-state index in [0.29, 0.717) is 22.0 Å². The van der Waals surface area contributed by atoms with Gasteiger partial charge in [-0.05, 0) is 18.2 Å². The molecule has 0 unspecified atom stereocenters. The first kappa shape index (κ1) is 18.6. The maximum atomic E-state index is 12.3. The summed E-state index contributed by atoms with van der Waals surface area (Å²) < 4.78 is 42.1. The van der Waals surface area contributed by atoms with Gasteiger partial charge in [0.2, 0.25) is 5.95 Å². The first-order valence-electron chi connectivity index (χ1n) is 7.43. The van der Waals surface area contributed by atoms with Gasteiger partial charge in [-0.25, -0.2) is 15.0 Å². The average molecular weight is 395 g/mol. The van der Waals surface area contributed by atoms with Crippen LogP contribution in [0.2, 0.25) is 0 Å². The molecule has 0 saturated heterocycles. The lowest BCUT2D eigenvalue weighted by Gasteiger charge is -2.07. The standard InChI is InChI=1S/C16H12F3N5O2S/c1-26-10-4-2-3-9(7-10)22-14-20-6-5-11(23-14)12-8-21-15(27-12)24-13(25)16(17,18)19/h2-8H,1H3,(H,20,22,23)(H,21,24,25). The second-order valence-electron chi connectivity index (χ2n) is 5.10. The van der Waals surface area contributed by atoms with E-state index in [2.05, 4.69) is 20.3 Å². The summed E-state index contributed by atoms with van der Waals surface area (Å²) in [7, 11) is 1.55. The molecule has 3 rings (SSSR count). The summed E-state index contributed by atoms with van der Waals surface area (Å²) in [4.78, 5) is 23.6. The van der Waals surface area contributed by atoms with Gasteiger partial charge in [-0.3, -0.25) is 10.1 Å². The first-order chi connectivity index (χ1) is 12.8. The van der Waals surface area contributed by atoms with Crippen LogP contribution in [0.15, 0.2) is 42.7 Å². The molecule has 1 aromatic carbocycles. The maximum Gasteiger partial charge on any atom is 0.471 e. The molecule has 0 atom stereocenters. The van der Waals surface area contributed by atoms with E-state index in [0.717, 1.165) is 11.3 Å². The van der Waals surface area contributed by atoms with Gasteiger partial charge in [0.25, 0.3) is 0 Å². The van der Waals surface area contributed by atoms with Gasteiger partial charge in [0, 0.05) is 24.1 Å². The van der Waals surface area contributed by atoms with Crippen LogP contribution in [0.4, 0.5) is 29.9 Å². The van der Waals surface area contributed by atoms with Crippen molar-refractivity contribution in [3.8, 4) is 16.3 Å². The highest BCUT2D eigenvalue weighted by Gasteiger charge is 2.39. The van der Waals surface area contributed by atoms with E-state index in [4.69, 9.17) is 4.74 Å². The molecule has 7 nitrogen and oxygen atoms in total. The number of thiazole rings is 1. The summed E-state index contributed by atoms with van der Waals surface area (Å²) in [6, 6.07) is 8.73. The van der Waals surface area contributed by atoms with E-state index in [-0.39, 0.29) is 11.1 Å². The van der Waals surface area contributed by atoms with E-state index in [9.17, 15) is 18.0 Å². The van der Waals surface area contributed by atoms with E-state index >= 15 is 0 Å². The summed E-state index contributed by atoms with van der Waals surface area (Å²) >= 11 is 0.870. The molecular formula is C16H12F3N5O2S. The number of carbonyl (C=O) groups is 1. The van der Waals surface area contributed by atoms with Gasteiger partial charge in [0.1, 0.15) is 5.75 Å². The Morgan fingerprint density at radius 3 is 2.78 bits per heavy atom. The number of amides is 1. The Hall–Kier alpha value is -3.21. The number of carbonyl (C=O) groups excluding carboxylic acids is 1. The van der Waals surface area contributed by atoms with Crippen LogP contribution in [0, 0.1) is 0 Å². The Labute approximate surface area is 155 Å². The van der Waals surface area contributed by atoms with Crippen molar-refractivity contribution < 1.29 is 22.7 Å². The third kappa shape index (κ3) is 4.70. The maximum absolute atomic E-state index is 12.3. The lowest BCUT2D eigenvalue weighted by molar-refractivity contribution is -0.167. The fourth-order valence-electron chi connectivity index (χ4n) is 2.00. The minimum absolute atomic E-state index is 0.173. The van der Waals surface area contributed by atoms with Crippen LogP contribution in [0.1, 0.15) is 0 Å². The molecule has 2 N–H and O–H groups in total. The molecule has 2 heterocycles. The number of methoxy groups -OCH3 is 1. The summed E-state index contributed by atoms with van der Waals surface area (Å²) in [5.41, 5.74) is 1.15. The number of rotatable bonds is 5. The van der Waals surface area contributed by atoms with Gasteiger partial charge < -0.3 is 10.1 Å². The number of anilines is 3. The van der Waals surface area contributed by atoms with E-state index in [1.165, 1.54) is 12.4 Å². The Kier molecular flexibility index (Phi) is 5.21. The number of benzene rings is 1. The summed E-state index contributed by atoms with van der Waals surface area (Å²) in [6.07, 6.45) is -2.15. The molecule has 0 radical (unpaired) electrons. The zero-order valence-corrected chi connectivity index (χ0v) is 14.6. The van der Waals surface area contributed by atoms with Crippen molar-refractivity contribution in [1.29, 1.82) is 0 Å².